The predicted octanol–water partition coefficient (Wildman–Crippen LogP) is 1.93. The van der Waals surface area contributed by atoms with E-state index in [0.717, 1.165) is 11.4 Å². The van der Waals surface area contributed by atoms with Gasteiger partial charge in [0, 0.05) is 18.6 Å². The topological polar surface area (TPSA) is 85.6 Å². The van der Waals surface area contributed by atoms with Crippen LogP contribution in [0.5, 0.6) is 0 Å². The molecule has 0 fully saturated rings. The van der Waals surface area contributed by atoms with Crippen molar-refractivity contribution >= 4 is 22.4 Å². The summed E-state index contributed by atoms with van der Waals surface area (Å²) in [7, 11) is 0. The number of rotatable bonds is 4. The Balaban J connectivity index is 1.73. The first-order valence-corrected chi connectivity index (χ1v) is 7.16. The van der Waals surface area contributed by atoms with Crippen LogP contribution in [0.15, 0.2) is 37.1 Å². The molecule has 0 aromatic carbocycles. The third kappa shape index (κ3) is 2.95. The van der Waals surface area contributed by atoms with Gasteiger partial charge in [-0.25, -0.2) is 9.97 Å². The van der Waals surface area contributed by atoms with Crippen molar-refractivity contribution in [2.45, 2.75) is 13.3 Å². The minimum atomic E-state index is -0.251. The number of hydrogen-bond acceptors (Lipinski definition) is 6. The molecule has 3 heterocycles. The molecule has 1 amide bonds. The van der Waals surface area contributed by atoms with Gasteiger partial charge in [-0.15, -0.1) is 10.2 Å². The Labute approximate surface area is 124 Å². The van der Waals surface area contributed by atoms with E-state index in [-0.39, 0.29) is 5.91 Å². The second kappa shape index (κ2) is 5.80. The summed E-state index contributed by atoms with van der Waals surface area (Å²) in [6.45, 7) is 1.99. The minimum absolute atomic E-state index is 0.251. The van der Waals surface area contributed by atoms with E-state index in [1.54, 1.807) is 35.4 Å². The van der Waals surface area contributed by atoms with Gasteiger partial charge in [-0.05, 0) is 18.6 Å². The SMILES string of the molecule is CCc1nnc(NC(=O)c2ccc(-n3ccnc3)nc2)s1. The maximum absolute atomic E-state index is 12.1. The van der Waals surface area contributed by atoms with E-state index in [1.807, 2.05) is 6.92 Å². The molecule has 0 radical (unpaired) electrons. The lowest BCUT2D eigenvalue weighted by atomic mass is 10.2. The summed E-state index contributed by atoms with van der Waals surface area (Å²) in [5.41, 5.74) is 0.465. The maximum atomic E-state index is 12.1. The van der Waals surface area contributed by atoms with Crippen molar-refractivity contribution in [3.05, 3.63) is 47.6 Å². The fourth-order valence-corrected chi connectivity index (χ4v) is 2.36. The third-order valence-electron chi connectivity index (χ3n) is 2.77. The standard InChI is InChI=1S/C13H12N6OS/c1-2-11-17-18-13(21-11)16-12(20)9-3-4-10(15-7-9)19-6-5-14-8-19/h3-8H,2H2,1H3,(H,16,18,20). The highest BCUT2D eigenvalue weighted by atomic mass is 32.1. The molecule has 1 N–H and O–H groups in total. The van der Waals surface area contributed by atoms with Crippen molar-refractivity contribution in [2.75, 3.05) is 5.32 Å². The Kier molecular flexibility index (Phi) is 3.69. The van der Waals surface area contributed by atoms with Gasteiger partial charge >= 0.3 is 0 Å². The quantitative estimate of drug-likeness (QED) is 0.795. The summed E-state index contributed by atoms with van der Waals surface area (Å²) < 4.78 is 1.76. The highest BCUT2D eigenvalue weighted by Gasteiger charge is 2.10. The molecule has 0 saturated carbocycles. The lowest BCUT2D eigenvalue weighted by Crippen LogP contribution is -2.12. The molecule has 21 heavy (non-hydrogen) atoms. The van der Waals surface area contributed by atoms with Crippen LogP contribution >= 0.6 is 11.3 Å². The van der Waals surface area contributed by atoms with Gasteiger partial charge in [-0.1, -0.05) is 18.3 Å². The van der Waals surface area contributed by atoms with E-state index in [2.05, 4.69) is 25.5 Å². The first-order chi connectivity index (χ1) is 10.3. The number of aryl methyl sites for hydroxylation is 1. The van der Waals surface area contributed by atoms with E-state index >= 15 is 0 Å². The monoisotopic (exact) mass is 300 g/mol. The van der Waals surface area contributed by atoms with Crippen LogP contribution < -0.4 is 5.32 Å². The lowest BCUT2D eigenvalue weighted by Gasteiger charge is -2.03. The van der Waals surface area contributed by atoms with Crippen LogP contribution in [0.4, 0.5) is 5.13 Å². The lowest BCUT2D eigenvalue weighted by molar-refractivity contribution is 0.102. The summed E-state index contributed by atoms with van der Waals surface area (Å²) in [5.74, 6) is 0.451. The van der Waals surface area contributed by atoms with Gasteiger partial charge in [0.15, 0.2) is 0 Å². The number of nitrogens with zero attached hydrogens (tertiary/aromatic N) is 5. The zero-order valence-electron chi connectivity index (χ0n) is 11.2. The number of anilines is 1. The van der Waals surface area contributed by atoms with Gasteiger partial charge < -0.3 is 0 Å². The fourth-order valence-electron chi connectivity index (χ4n) is 1.68. The number of amides is 1. The molecule has 0 unspecified atom stereocenters. The molecule has 7 nitrogen and oxygen atoms in total. The largest absolute Gasteiger partial charge is 0.296 e. The van der Waals surface area contributed by atoms with Crippen molar-refractivity contribution in [2.24, 2.45) is 0 Å². The number of pyridine rings is 1. The van der Waals surface area contributed by atoms with Gasteiger partial charge in [0.1, 0.15) is 17.2 Å². The van der Waals surface area contributed by atoms with Crippen molar-refractivity contribution < 1.29 is 4.79 Å². The van der Waals surface area contributed by atoms with Crippen LogP contribution in [0.25, 0.3) is 5.82 Å². The third-order valence-corrected chi connectivity index (χ3v) is 3.75. The first-order valence-electron chi connectivity index (χ1n) is 6.34. The second-order valence-electron chi connectivity index (χ2n) is 4.18. The van der Waals surface area contributed by atoms with Crippen LogP contribution in [0.1, 0.15) is 22.3 Å². The van der Waals surface area contributed by atoms with E-state index in [1.165, 1.54) is 17.5 Å². The molecule has 106 valence electrons. The molecule has 0 saturated heterocycles. The molecule has 3 aromatic rings. The van der Waals surface area contributed by atoms with E-state index in [0.29, 0.717) is 16.5 Å². The Morgan fingerprint density at radius 3 is 2.90 bits per heavy atom. The molecule has 3 aromatic heterocycles. The zero-order chi connectivity index (χ0) is 14.7. The highest BCUT2D eigenvalue weighted by molar-refractivity contribution is 7.15. The number of aromatic nitrogens is 5. The van der Waals surface area contributed by atoms with E-state index in [9.17, 15) is 4.79 Å². The Morgan fingerprint density at radius 1 is 1.38 bits per heavy atom. The molecule has 0 spiro atoms. The molecule has 3 rings (SSSR count). The van der Waals surface area contributed by atoms with E-state index in [4.69, 9.17) is 0 Å². The smallest absolute Gasteiger partial charge is 0.259 e. The number of carbonyl (C=O) groups is 1. The highest BCUT2D eigenvalue weighted by Crippen LogP contribution is 2.16. The molecule has 0 bridgehead atoms. The van der Waals surface area contributed by atoms with Crippen molar-refractivity contribution in [3.63, 3.8) is 0 Å². The summed E-state index contributed by atoms with van der Waals surface area (Å²) in [5, 5.41) is 12.0. The van der Waals surface area contributed by atoms with Crippen molar-refractivity contribution in [1.82, 2.24) is 24.7 Å². The summed E-state index contributed by atoms with van der Waals surface area (Å²) >= 11 is 1.37. The maximum Gasteiger partial charge on any atom is 0.259 e. The summed E-state index contributed by atoms with van der Waals surface area (Å²) in [4.78, 5) is 20.3. The van der Waals surface area contributed by atoms with Crippen molar-refractivity contribution in [1.29, 1.82) is 0 Å². The van der Waals surface area contributed by atoms with Crippen LogP contribution in [-0.2, 0) is 6.42 Å². The molecular weight excluding hydrogens is 288 g/mol. The molecule has 0 aliphatic rings. The van der Waals surface area contributed by atoms with Gasteiger partial charge in [-0.2, -0.15) is 0 Å². The molecular formula is C13H12N6OS. The Hall–Kier alpha value is -2.61. The Morgan fingerprint density at radius 2 is 2.29 bits per heavy atom. The van der Waals surface area contributed by atoms with E-state index < -0.39 is 0 Å². The van der Waals surface area contributed by atoms with Crippen LogP contribution in [0.2, 0.25) is 0 Å². The molecule has 8 heteroatoms. The number of imidazole rings is 1. The van der Waals surface area contributed by atoms with Gasteiger partial charge in [-0.3, -0.25) is 14.7 Å². The molecule has 0 aliphatic heterocycles. The van der Waals surface area contributed by atoms with Gasteiger partial charge in [0.2, 0.25) is 5.13 Å². The summed E-state index contributed by atoms with van der Waals surface area (Å²) in [6.07, 6.45) is 7.43. The number of carbonyl (C=O) groups excluding carboxylic acids is 1. The molecule has 0 atom stereocenters. The fraction of sp³-hybridized carbons (Fsp3) is 0.154. The zero-order valence-corrected chi connectivity index (χ0v) is 12.0. The van der Waals surface area contributed by atoms with Crippen molar-refractivity contribution in [3.8, 4) is 5.82 Å². The predicted molar refractivity (Wildman–Crippen MR) is 78.6 cm³/mol. The first kappa shape index (κ1) is 13.4. The number of nitrogens with one attached hydrogen (secondary N) is 1. The van der Waals surface area contributed by atoms with Crippen LogP contribution in [0.3, 0.4) is 0 Å². The number of hydrogen-bond donors (Lipinski definition) is 1. The van der Waals surface area contributed by atoms with Gasteiger partial charge in [0.25, 0.3) is 5.91 Å². The Bertz CT molecular complexity index is 734. The average Bonchev–Trinajstić information content (AvgIpc) is 3.19. The molecule has 0 aliphatic carbocycles. The normalized spacial score (nSPS) is 10.5. The van der Waals surface area contributed by atoms with Gasteiger partial charge in [0.05, 0.1) is 5.56 Å². The minimum Gasteiger partial charge on any atom is -0.296 e. The summed E-state index contributed by atoms with van der Waals surface area (Å²) in [6, 6.07) is 3.47. The second-order valence-corrected chi connectivity index (χ2v) is 5.25. The van der Waals surface area contributed by atoms with Crippen LogP contribution in [0, 0.1) is 0 Å². The van der Waals surface area contributed by atoms with Crippen LogP contribution in [-0.4, -0.2) is 30.6 Å². The average molecular weight is 300 g/mol.